The van der Waals surface area contributed by atoms with E-state index in [1.54, 1.807) is 0 Å². The highest BCUT2D eigenvalue weighted by Gasteiger charge is 2.27. The van der Waals surface area contributed by atoms with Crippen LogP contribution >= 0.6 is 11.6 Å². The Bertz CT molecular complexity index is 987. The molecule has 1 heterocycles. The van der Waals surface area contributed by atoms with Crippen LogP contribution in [0.2, 0.25) is 5.02 Å². The number of sulfonamides is 1. The Kier molecular flexibility index (Phi) is 8.35. The minimum atomic E-state index is -3.63. The molecule has 1 amide bonds. The Morgan fingerprint density at radius 1 is 1.10 bits per heavy atom. The summed E-state index contributed by atoms with van der Waals surface area (Å²) < 4.78 is 32.9. The summed E-state index contributed by atoms with van der Waals surface area (Å²) in [4.78, 5) is 12.7. The predicted octanol–water partition coefficient (Wildman–Crippen LogP) is 4.28. The van der Waals surface area contributed by atoms with Crippen molar-refractivity contribution in [1.29, 1.82) is 0 Å². The average Bonchev–Trinajstić information content (AvgIpc) is 2.78. The molecule has 2 aromatic rings. The van der Waals surface area contributed by atoms with Gasteiger partial charge in [0.25, 0.3) is 5.91 Å². The largest absolute Gasteiger partial charge is 0.492 e. The number of nitrogens with one attached hydrogen (secondary N) is 1. The van der Waals surface area contributed by atoms with E-state index in [0.717, 1.165) is 37.9 Å². The summed E-state index contributed by atoms with van der Waals surface area (Å²) >= 11 is 6.18. The van der Waals surface area contributed by atoms with E-state index >= 15 is 0 Å². The summed E-state index contributed by atoms with van der Waals surface area (Å²) in [7, 11) is -3.63. The molecule has 2 aromatic carbocycles. The van der Waals surface area contributed by atoms with Gasteiger partial charge in [0.05, 0.1) is 22.0 Å². The summed E-state index contributed by atoms with van der Waals surface area (Å²) in [5, 5.41) is 2.95. The van der Waals surface area contributed by atoms with Crippen LogP contribution < -0.4 is 10.1 Å². The van der Waals surface area contributed by atoms with Crippen molar-refractivity contribution in [3.05, 3.63) is 58.6 Å². The zero-order valence-electron chi connectivity index (χ0n) is 17.8. The Balaban J connectivity index is 1.58. The van der Waals surface area contributed by atoms with Crippen LogP contribution in [0.4, 0.5) is 0 Å². The van der Waals surface area contributed by atoms with Gasteiger partial charge in [-0.3, -0.25) is 4.79 Å². The van der Waals surface area contributed by atoms with Gasteiger partial charge in [-0.05, 0) is 55.2 Å². The maximum Gasteiger partial charge on any atom is 0.252 e. The van der Waals surface area contributed by atoms with Gasteiger partial charge >= 0.3 is 0 Å². The molecule has 1 N–H and O–H groups in total. The van der Waals surface area contributed by atoms with Crippen molar-refractivity contribution >= 4 is 27.5 Å². The van der Waals surface area contributed by atoms with Crippen LogP contribution in [0.1, 0.15) is 48.5 Å². The molecule has 6 nitrogen and oxygen atoms in total. The zero-order valence-corrected chi connectivity index (χ0v) is 19.3. The summed E-state index contributed by atoms with van der Waals surface area (Å²) in [6.45, 7) is 3.71. The summed E-state index contributed by atoms with van der Waals surface area (Å²) in [5.41, 5.74) is 1.40. The first kappa shape index (κ1) is 23.6. The Morgan fingerprint density at radius 3 is 2.48 bits per heavy atom. The molecule has 3 rings (SSSR count). The van der Waals surface area contributed by atoms with Crippen molar-refractivity contribution in [2.45, 2.75) is 43.9 Å². The lowest BCUT2D eigenvalue weighted by atomic mass is 10.1. The van der Waals surface area contributed by atoms with Gasteiger partial charge in [-0.2, -0.15) is 4.31 Å². The van der Waals surface area contributed by atoms with Crippen LogP contribution in [0, 0.1) is 0 Å². The number of piperidine rings is 1. The number of ether oxygens (including phenoxy) is 1. The summed E-state index contributed by atoms with van der Waals surface area (Å²) in [5.74, 6) is 0.310. The van der Waals surface area contributed by atoms with Crippen LogP contribution in [0.5, 0.6) is 5.75 Å². The molecule has 0 spiro atoms. The number of carbonyl (C=O) groups excluding carboxylic acids is 1. The Labute approximate surface area is 189 Å². The van der Waals surface area contributed by atoms with E-state index in [4.69, 9.17) is 16.3 Å². The number of benzene rings is 2. The molecule has 1 saturated heterocycles. The molecule has 1 aliphatic heterocycles. The third-order valence-corrected chi connectivity index (χ3v) is 7.48. The van der Waals surface area contributed by atoms with Gasteiger partial charge in [0, 0.05) is 13.1 Å². The van der Waals surface area contributed by atoms with Gasteiger partial charge in [-0.15, -0.1) is 0 Å². The number of aryl methyl sites for hydroxylation is 1. The van der Waals surface area contributed by atoms with Crippen molar-refractivity contribution in [3.63, 3.8) is 0 Å². The first-order valence-corrected chi connectivity index (χ1v) is 12.5. The molecule has 31 heavy (non-hydrogen) atoms. The molecule has 0 atom stereocenters. The Morgan fingerprint density at radius 2 is 1.81 bits per heavy atom. The van der Waals surface area contributed by atoms with Crippen molar-refractivity contribution in [2.24, 2.45) is 0 Å². The fraction of sp³-hybridized carbons (Fsp3) is 0.435. The Hall–Kier alpha value is -2.09. The fourth-order valence-corrected chi connectivity index (χ4v) is 5.31. The van der Waals surface area contributed by atoms with Crippen molar-refractivity contribution in [3.8, 4) is 5.75 Å². The minimum absolute atomic E-state index is 0.0902. The third-order valence-electron chi connectivity index (χ3n) is 5.25. The quantitative estimate of drug-likeness (QED) is 0.562. The van der Waals surface area contributed by atoms with Crippen LogP contribution in [-0.2, 0) is 16.4 Å². The maximum absolute atomic E-state index is 12.9. The number of nitrogens with zero attached hydrogens (tertiary/aromatic N) is 1. The van der Waals surface area contributed by atoms with E-state index in [1.807, 2.05) is 24.3 Å². The standard InChI is InChI=1S/C23H29ClN2O4S/c1-2-6-18-7-9-19(10-8-18)30-16-13-25-23(27)21-17-20(11-12-22(21)24)31(28,29)26-14-4-3-5-15-26/h7-12,17H,2-6,13-16H2,1H3,(H,25,27). The van der Waals surface area contributed by atoms with Gasteiger partial charge in [0.15, 0.2) is 0 Å². The molecule has 168 valence electrons. The smallest absolute Gasteiger partial charge is 0.252 e. The van der Waals surface area contributed by atoms with Gasteiger partial charge in [0.1, 0.15) is 12.4 Å². The van der Waals surface area contributed by atoms with Gasteiger partial charge in [0.2, 0.25) is 10.0 Å². The second kappa shape index (κ2) is 11.0. The molecule has 1 fully saturated rings. The molecule has 0 aromatic heterocycles. The maximum atomic E-state index is 12.9. The number of hydrogen-bond donors (Lipinski definition) is 1. The monoisotopic (exact) mass is 464 g/mol. The second-order valence-electron chi connectivity index (χ2n) is 7.60. The lowest BCUT2D eigenvalue weighted by molar-refractivity contribution is 0.0947. The van der Waals surface area contributed by atoms with Crippen molar-refractivity contribution in [2.75, 3.05) is 26.2 Å². The second-order valence-corrected chi connectivity index (χ2v) is 9.95. The van der Waals surface area contributed by atoms with Crippen LogP contribution in [0.15, 0.2) is 47.4 Å². The number of hydrogen-bond acceptors (Lipinski definition) is 4. The fourth-order valence-electron chi connectivity index (χ4n) is 3.56. The van der Waals surface area contributed by atoms with Crippen LogP contribution in [0.25, 0.3) is 0 Å². The lowest BCUT2D eigenvalue weighted by Crippen LogP contribution is -2.35. The van der Waals surface area contributed by atoms with E-state index in [2.05, 4.69) is 12.2 Å². The van der Waals surface area contributed by atoms with Crippen LogP contribution in [-0.4, -0.2) is 44.9 Å². The first-order chi connectivity index (χ1) is 14.9. The number of halogens is 1. The molecule has 0 aliphatic carbocycles. The van der Waals surface area contributed by atoms with Crippen molar-refractivity contribution in [1.82, 2.24) is 9.62 Å². The SMILES string of the molecule is CCCc1ccc(OCCNC(=O)c2cc(S(=O)(=O)N3CCCCC3)ccc2Cl)cc1. The van der Waals surface area contributed by atoms with Crippen molar-refractivity contribution < 1.29 is 17.9 Å². The van der Waals surface area contributed by atoms with Gasteiger partial charge in [-0.1, -0.05) is 43.5 Å². The molecular weight excluding hydrogens is 436 g/mol. The highest BCUT2D eigenvalue weighted by molar-refractivity contribution is 7.89. The van der Waals surface area contributed by atoms with E-state index in [-0.39, 0.29) is 22.0 Å². The predicted molar refractivity (Wildman–Crippen MR) is 122 cm³/mol. The molecule has 0 saturated carbocycles. The summed E-state index contributed by atoms with van der Waals surface area (Å²) in [6.07, 6.45) is 4.85. The normalized spacial score (nSPS) is 14.9. The first-order valence-electron chi connectivity index (χ1n) is 10.7. The molecule has 1 aliphatic rings. The minimum Gasteiger partial charge on any atom is -0.492 e. The topological polar surface area (TPSA) is 75.7 Å². The van der Waals surface area contributed by atoms with Gasteiger partial charge < -0.3 is 10.1 Å². The number of amides is 1. The van der Waals surface area contributed by atoms with E-state index in [9.17, 15) is 13.2 Å². The zero-order chi connectivity index (χ0) is 22.3. The van der Waals surface area contributed by atoms with Crippen LogP contribution in [0.3, 0.4) is 0 Å². The highest BCUT2D eigenvalue weighted by atomic mass is 35.5. The van der Waals surface area contributed by atoms with E-state index in [1.165, 1.54) is 28.1 Å². The summed E-state index contributed by atoms with van der Waals surface area (Å²) in [6, 6.07) is 12.2. The number of rotatable bonds is 9. The van der Waals surface area contributed by atoms with E-state index in [0.29, 0.717) is 19.7 Å². The molecule has 0 bridgehead atoms. The van der Waals surface area contributed by atoms with Gasteiger partial charge in [-0.25, -0.2) is 8.42 Å². The molecule has 0 unspecified atom stereocenters. The van der Waals surface area contributed by atoms with E-state index < -0.39 is 15.9 Å². The molecular formula is C23H29ClN2O4S. The number of carbonyl (C=O) groups is 1. The molecule has 0 radical (unpaired) electrons. The molecule has 8 heteroatoms. The lowest BCUT2D eigenvalue weighted by Gasteiger charge is -2.26. The highest BCUT2D eigenvalue weighted by Crippen LogP contribution is 2.25. The third kappa shape index (κ3) is 6.21. The average molecular weight is 465 g/mol.